The standard InChI is InChI=1S/C23H22FN5O4S2/c1-4-25-15-6-8-17-19(12-15)26-14(3)29(22(17)30)20-9-7-16(11-18(20)24)27-23(31)28-35(32,33)21-10-5-13(2)34-21/h5-12,25H,4H2,1-3H3,(H2,27,28,31). The van der Waals surface area contributed by atoms with Gasteiger partial charge in [-0.1, -0.05) is 0 Å². The minimum absolute atomic E-state index is 0.0102. The highest BCUT2D eigenvalue weighted by atomic mass is 32.2. The molecule has 0 atom stereocenters. The molecule has 2 aromatic carbocycles. The fraction of sp³-hybridized carbons (Fsp3) is 0.174. The van der Waals surface area contributed by atoms with Crippen molar-refractivity contribution in [2.24, 2.45) is 0 Å². The second kappa shape index (κ2) is 9.47. The molecule has 182 valence electrons. The first-order valence-corrected chi connectivity index (χ1v) is 12.9. The van der Waals surface area contributed by atoms with E-state index in [-0.39, 0.29) is 21.4 Å². The molecular formula is C23H22FN5O4S2. The highest BCUT2D eigenvalue weighted by Crippen LogP contribution is 2.22. The van der Waals surface area contributed by atoms with Gasteiger partial charge in [-0.05, 0) is 69.3 Å². The average molecular weight is 516 g/mol. The van der Waals surface area contributed by atoms with Crippen LogP contribution in [-0.4, -0.2) is 30.5 Å². The molecule has 35 heavy (non-hydrogen) atoms. The molecular weight excluding hydrogens is 493 g/mol. The lowest BCUT2D eigenvalue weighted by molar-refractivity contribution is 0.256. The van der Waals surface area contributed by atoms with Gasteiger partial charge >= 0.3 is 6.03 Å². The summed E-state index contributed by atoms with van der Waals surface area (Å²) in [5, 5.41) is 5.78. The summed E-state index contributed by atoms with van der Waals surface area (Å²) in [5.74, 6) is -0.513. The topological polar surface area (TPSA) is 122 Å². The maximum atomic E-state index is 15.0. The first-order chi connectivity index (χ1) is 16.6. The number of rotatable bonds is 6. The van der Waals surface area contributed by atoms with Crippen LogP contribution in [0.2, 0.25) is 0 Å². The summed E-state index contributed by atoms with van der Waals surface area (Å²) in [4.78, 5) is 30.6. The number of amides is 2. The van der Waals surface area contributed by atoms with Crippen molar-refractivity contribution < 1.29 is 17.6 Å². The van der Waals surface area contributed by atoms with Crippen molar-refractivity contribution in [1.29, 1.82) is 0 Å². The maximum absolute atomic E-state index is 15.0. The Kier molecular flexibility index (Phi) is 6.59. The molecule has 0 aliphatic carbocycles. The summed E-state index contributed by atoms with van der Waals surface area (Å²) in [6.45, 7) is 6.00. The van der Waals surface area contributed by atoms with Crippen molar-refractivity contribution in [2.45, 2.75) is 25.0 Å². The van der Waals surface area contributed by atoms with E-state index < -0.39 is 27.4 Å². The van der Waals surface area contributed by atoms with Crippen molar-refractivity contribution >= 4 is 49.7 Å². The Labute approximate surface area is 204 Å². The number of fused-ring (bicyclic) bond motifs is 1. The number of sulfonamides is 1. The molecule has 4 rings (SSSR count). The van der Waals surface area contributed by atoms with Gasteiger partial charge < -0.3 is 10.6 Å². The summed E-state index contributed by atoms with van der Waals surface area (Å²) < 4.78 is 42.7. The van der Waals surface area contributed by atoms with Gasteiger partial charge in [-0.15, -0.1) is 11.3 Å². The van der Waals surface area contributed by atoms with E-state index >= 15 is 4.39 Å². The fourth-order valence-electron chi connectivity index (χ4n) is 3.55. The number of halogens is 1. The van der Waals surface area contributed by atoms with Crippen LogP contribution in [0.5, 0.6) is 0 Å². The van der Waals surface area contributed by atoms with Crippen molar-refractivity contribution in [3.8, 4) is 5.69 Å². The van der Waals surface area contributed by atoms with Crippen LogP contribution >= 0.6 is 11.3 Å². The molecule has 0 fully saturated rings. The van der Waals surface area contributed by atoms with Gasteiger partial charge in [0.15, 0.2) is 0 Å². The Morgan fingerprint density at radius 2 is 1.83 bits per heavy atom. The summed E-state index contributed by atoms with van der Waals surface area (Å²) in [7, 11) is -4.05. The van der Waals surface area contributed by atoms with Crippen LogP contribution in [0.4, 0.5) is 20.6 Å². The van der Waals surface area contributed by atoms with E-state index in [0.29, 0.717) is 17.4 Å². The normalized spacial score (nSPS) is 11.4. The molecule has 3 N–H and O–H groups in total. The third-order valence-corrected chi connectivity index (χ3v) is 7.90. The molecule has 0 aliphatic heterocycles. The first kappa shape index (κ1) is 24.4. The molecule has 0 radical (unpaired) electrons. The van der Waals surface area contributed by atoms with Gasteiger partial charge in [0, 0.05) is 22.8 Å². The molecule has 0 saturated carbocycles. The molecule has 9 nitrogen and oxygen atoms in total. The average Bonchev–Trinajstić information content (AvgIpc) is 3.22. The van der Waals surface area contributed by atoms with E-state index in [1.807, 2.05) is 11.6 Å². The molecule has 2 amide bonds. The SMILES string of the molecule is CCNc1ccc2c(=O)n(-c3ccc(NC(=O)NS(=O)(=O)c4ccc(C)s4)cc3F)c(C)nc2c1. The predicted octanol–water partition coefficient (Wildman–Crippen LogP) is 4.15. The van der Waals surface area contributed by atoms with Crippen LogP contribution in [0, 0.1) is 19.7 Å². The second-order valence-corrected chi connectivity index (χ2v) is 10.8. The number of carbonyl (C=O) groups is 1. The number of urea groups is 1. The van der Waals surface area contributed by atoms with E-state index in [1.54, 1.807) is 38.1 Å². The summed E-state index contributed by atoms with van der Waals surface area (Å²) in [6.07, 6.45) is 0. The number of aryl methyl sites for hydroxylation is 2. The van der Waals surface area contributed by atoms with Crippen LogP contribution < -0.4 is 20.9 Å². The highest BCUT2D eigenvalue weighted by Gasteiger charge is 2.20. The molecule has 0 bridgehead atoms. The lowest BCUT2D eigenvalue weighted by atomic mass is 10.2. The van der Waals surface area contributed by atoms with E-state index in [1.165, 1.54) is 18.2 Å². The first-order valence-electron chi connectivity index (χ1n) is 10.6. The number of anilines is 2. The van der Waals surface area contributed by atoms with Gasteiger partial charge in [0.1, 0.15) is 15.9 Å². The number of hydrogen-bond acceptors (Lipinski definition) is 7. The largest absolute Gasteiger partial charge is 0.385 e. The Hall–Kier alpha value is -3.77. The van der Waals surface area contributed by atoms with Gasteiger partial charge in [-0.3, -0.25) is 9.36 Å². The monoisotopic (exact) mass is 515 g/mol. The van der Waals surface area contributed by atoms with Crippen LogP contribution in [-0.2, 0) is 10.0 Å². The molecule has 0 aliphatic rings. The number of carbonyl (C=O) groups excluding carboxylic acids is 1. The summed E-state index contributed by atoms with van der Waals surface area (Å²) in [5.41, 5.74) is 0.825. The van der Waals surface area contributed by atoms with Crippen molar-refractivity contribution in [1.82, 2.24) is 14.3 Å². The zero-order chi connectivity index (χ0) is 25.3. The minimum Gasteiger partial charge on any atom is -0.385 e. The minimum atomic E-state index is -4.05. The van der Waals surface area contributed by atoms with E-state index in [2.05, 4.69) is 15.6 Å². The molecule has 0 spiro atoms. The van der Waals surface area contributed by atoms with Crippen LogP contribution in [0.3, 0.4) is 0 Å². The van der Waals surface area contributed by atoms with E-state index in [4.69, 9.17) is 0 Å². The molecule has 2 aromatic heterocycles. The lowest BCUT2D eigenvalue weighted by Gasteiger charge is -2.14. The Morgan fingerprint density at radius 1 is 1.09 bits per heavy atom. The number of thiophene rings is 1. The van der Waals surface area contributed by atoms with Gasteiger partial charge in [-0.2, -0.15) is 0 Å². The van der Waals surface area contributed by atoms with Gasteiger partial charge in [0.25, 0.3) is 15.6 Å². The van der Waals surface area contributed by atoms with Gasteiger partial charge in [-0.25, -0.2) is 27.3 Å². The second-order valence-electron chi connectivity index (χ2n) is 7.65. The van der Waals surface area contributed by atoms with E-state index in [9.17, 15) is 18.0 Å². The Balaban J connectivity index is 1.60. The Morgan fingerprint density at radius 3 is 2.49 bits per heavy atom. The van der Waals surface area contributed by atoms with E-state index in [0.717, 1.165) is 32.5 Å². The Bertz CT molecular complexity index is 1610. The highest BCUT2D eigenvalue weighted by molar-refractivity contribution is 7.92. The third-order valence-electron chi connectivity index (χ3n) is 5.07. The van der Waals surface area contributed by atoms with Crippen molar-refractivity contribution in [2.75, 3.05) is 17.2 Å². The number of nitrogens with zero attached hydrogens (tertiary/aromatic N) is 2. The van der Waals surface area contributed by atoms with Gasteiger partial charge in [0.2, 0.25) is 0 Å². The zero-order valence-electron chi connectivity index (χ0n) is 19.0. The maximum Gasteiger partial charge on any atom is 0.333 e. The van der Waals surface area contributed by atoms with Crippen LogP contribution in [0.25, 0.3) is 16.6 Å². The molecule has 12 heteroatoms. The number of benzene rings is 2. The fourth-order valence-corrected chi connectivity index (χ4v) is 5.74. The number of hydrogen-bond donors (Lipinski definition) is 3. The smallest absolute Gasteiger partial charge is 0.333 e. The zero-order valence-corrected chi connectivity index (χ0v) is 20.7. The molecule has 4 aromatic rings. The van der Waals surface area contributed by atoms with Crippen molar-refractivity contribution in [3.63, 3.8) is 0 Å². The third kappa shape index (κ3) is 5.03. The predicted molar refractivity (Wildman–Crippen MR) is 135 cm³/mol. The van der Waals surface area contributed by atoms with Crippen LogP contribution in [0.1, 0.15) is 17.6 Å². The van der Waals surface area contributed by atoms with Crippen LogP contribution in [0.15, 0.2) is 57.5 Å². The number of nitrogens with one attached hydrogen (secondary N) is 3. The quantitative estimate of drug-likeness (QED) is 0.355. The summed E-state index contributed by atoms with van der Waals surface area (Å²) >= 11 is 1.02. The van der Waals surface area contributed by atoms with Gasteiger partial charge in [0.05, 0.1) is 16.6 Å². The molecule has 2 heterocycles. The summed E-state index contributed by atoms with van der Waals surface area (Å²) in [6, 6.07) is 10.8. The molecule has 0 unspecified atom stereocenters. The van der Waals surface area contributed by atoms with Crippen molar-refractivity contribution in [3.05, 3.63) is 75.4 Å². The molecule has 0 saturated heterocycles. The number of aromatic nitrogens is 2. The lowest BCUT2D eigenvalue weighted by Crippen LogP contribution is -2.34.